The minimum absolute atomic E-state index is 0.452. The Morgan fingerprint density at radius 1 is 1.38 bits per heavy atom. The molecule has 0 atom stereocenters. The van der Waals surface area contributed by atoms with E-state index in [1.807, 2.05) is 0 Å². The summed E-state index contributed by atoms with van der Waals surface area (Å²) in [6.07, 6.45) is 2.01. The van der Waals surface area contributed by atoms with Crippen LogP contribution in [0.4, 0.5) is 0 Å². The van der Waals surface area contributed by atoms with Gasteiger partial charge in [-0.15, -0.1) is 0 Å². The molecule has 3 heteroatoms. The standard InChI is InChI=1S/C13H20BrNO/c1-9(2)13-11(14)7-10(5-4-6-15)8-12(13)16-3/h7-9H,4-6,15H2,1-3H3. The summed E-state index contributed by atoms with van der Waals surface area (Å²) in [4.78, 5) is 0. The van der Waals surface area contributed by atoms with E-state index in [0.29, 0.717) is 5.92 Å². The van der Waals surface area contributed by atoms with Crippen molar-refractivity contribution in [3.8, 4) is 5.75 Å². The lowest BCUT2D eigenvalue weighted by Crippen LogP contribution is -2.02. The highest BCUT2D eigenvalue weighted by molar-refractivity contribution is 9.10. The second-order valence-corrected chi connectivity index (χ2v) is 5.09. The van der Waals surface area contributed by atoms with Gasteiger partial charge in [0.05, 0.1) is 7.11 Å². The fraction of sp³-hybridized carbons (Fsp3) is 0.538. The Kier molecular flexibility index (Phi) is 5.29. The molecule has 0 spiro atoms. The second-order valence-electron chi connectivity index (χ2n) is 4.24. The molecule has 0 aliphatic carbocycles. The van der Waals surface area contributed by atoms with Crippen LogP contribution in [0.15, 0.2) is 16.6 Å². The van der Waals surface area contributed by atoms with Crippen LogP contribution in [0.5, 0.6) is 5.75 Å². The maximum absolute atomic E-state index is 5.52. The van der Waals surface area contributed by atoms with Gasteiger partial charge < -0.3 is 10.5 Å². The van der Waals surface area contributed by atoms with Crippen LogP contribution < -0.4 is 10.5 Å². The van der Waals surface area contributed by atoms with Crippen LogP contribution in [0, 0.1) is 0 Å². The molecule has 0 radical (unpaired) electrons. The molecule has 1 rings (SSSR count). The maximum atomic E-state index is 5.52. The van der Waals surface area contributed by atoms with E-state index in [0.717, 1.165) is 29.6 Å². The van der Waals surface area contributed by atoms with Crippen molar-refractivity contribution in [1.82, 2.24) is 0 Å². The van der Waals surface area contributed by atoms with Crippen LogP contribution in [0.3, 0.4) is 0 Å². The highest BCUT2D eigenvalue weighted by atomic mass is 79.9. The van der Waals surface area contributed by atoms with Crippen molar-refractivity contribution in [2.45, 2.75) is 32.6 Å². The number of rotatable bonds is 5. The van der Waals surface area contributed by atoms with E-state index in [9.17, 15) is 0 Å². The third-order valence-electron chi connectivity index (χ3n) is 2.62. The van der Waals surface area contributed by atoms with Crippen molar-refractivity contribution < 1.29 is 4.74 Å². The lowest BCUT2D eigenvalue weighted by Gasteiger charge is -2.15. The highest BCUT2D eigenvalue weighted by Crippen LogP contribution is 2.34. The molecule has 0 saturated heterocycles. The van der Waals surface area contributed by atoms with Crippen LogP contribution in [0.2, 0.25) is 0 Å². The Morgan fingerprint density at radius 3 is 2.56 bits per heavy atom. The molecule has 0 fully saturated rings. The molecule has 16 heavy (non-hydrogen) atoms. The predicted octanol–water partition coefficient (Wildman–Crippen LogP) is 3.47. The van der Waals surface area contributed by atoms with Gasteiger partial charge in [0.2, 0.25) is 0 Å². The lowest BCUT2D eigenvalue weighted by molar-refractivity contribution is 0.406. The molecule has 0 aliphatic rings. The molecule has 2 nitrogen and oxygen atoms in total. The van der Waals surface area contributed by atoms with Crippen molar-refractivity contribution in [2.75, 3.05) is 13.7 Å². The molecular weight excluding hydrogens is 266 g/mol. The average Bonchev–Trinajstić information content (AvgIpc) is 2.24. The van der Waals surface area contributed by atoms with E-state index in [2.05, 4.69) is 41.9 Å². The zero-order valence-electron chi connectivity index (χ0n) is 10.2. The summed E-state index contributed by atoms with van der Waals surface area (Å²) in [6, 6.07) is 4.29. The molecular formula is C13H20BrNO. The largest absolute Gasteiger partial charge is 0.496 e. The zero-order chi connectivity index (χ0) is 12.1. The van der Waals surface area contributed by atoms with Crippen molar-refractivity contribution in [1.29, 1.82) is 0 Å². The fourth-order valence-corrected chi connectivity index (χ4v) is 2.77. The summed E-state index contributed by atoms with van der Waals surface area (Å²) in [5.74, 6) is 1.42. The topological polar surface area (TPSA) is 35.2 Å². The van der Waals surface area contributed by atoms with Crippen molar-refractivity contribution in [3.63, 3.8) is 0 Å². The Bertz CT molecular complexity index is 350. The molecule has 0 heterocycles. The number of methoxy groups -OCH3 is 1. The molecule has 1 aromatic rings. The zero-order valence-corrected chi connectivity index (χ0v) is 11.8. The van der Waals surface area contributed by atoms with Crippen molar-refractivity contribution >= 4 is 15.9 Å². The highest BCUT2D eigenvalue weighted by Gasteiger charge is 2.12. The maximum Gasteiger partial charge on any atom is 0.123 e. The van der Waals surface area contributed by atoms with Gasteiger partial charge in [-0.05, 0) is 43.0 Å². The van der Waals surface area contributed by atoms with Crippen molar-refractivity contribution in [3.05, 3.63) is 27.7 Å². The van der Waals surface area contributed by atoms with Crippen LogP contribution in [0.25, 0.3) is 0 Å². The molecule has 0 unspecified atom stereocenters. The average molecular weight is 286 g/mol. The molecule has 0 bridgehead atoms. The number of ether oxygens (including phenoxy) is 1. The van der Waals surface area contributed by atoms with Gasteiger partial charge in [0.15, 0.2) is 0 Å². The fourth-order valence-electron chi connectivity index (χ4n) is 1.83. The van der Waals surface area contributed by atoms with E-state index in [4.69, 9.17) is 10.5 Å². The second kappa shape index (κ2) is 6.26. The van der Waals surface area contributed by atoms with Crippen LogP contribution in [-0.2, 0) is 6.42 Å². The number of hydrogen-bond donors (Lipinski definition) is 1. The smallest absolute Gasteiger partial charge is 0.123 e. The SMILES string of the molecule is COc1cc(CCCN)cc(Br)c1C(C)C. The van der Waals surface area contributed by atoms with Gasteiger partial charge >= 0.3 is 0 Å². The summed E-state index contributed by atoms with van der Waals surface area (Å²) >= 11 is 3.62. The minimum atomic E-state index is 0.452. The summed E-state index contributed by atoms with van der Waals surface area (Å²) in [5.41, 5.74) is 8.03. The number of hydrogen-bond acceptors (Lipinski definition) is 2. The first-order valence-electron chi connectivity index (χ1n) is 5.66. The van der Waals surface area contributed by atoms with E-state index >= 15 is 0 Å². The first-order valence-corrected chi connectivity index (χ1v) is 6.45. The summed E-state index contributed by atoms with van der Waals surface area (Å²) in [5, 5.41) is 0. The third-order valence-corrected chi connectivity index (χ3v) is 3.27. The van der Waals surface area contributed by atoms with Gasteiger partial charge in [-0.3, -0.25) is 0 Å². The van der Waals surface area contributed by atoms with E-state index in [1.54, 1.807) is 7.11 Å². The minimum Gasteiger partial charge on any atom is -0.496 e. The molecule has 1 aromatic carbocycles. The molecule has 2 N–H and O–H groups in total. The first kappa shape index (κ1) is 13.5. The molecule has 0 amide bonds. The van der Waals surface area contributed by atoms with Crippen LogP contribution in [-0.4, -0.2) is 13.7 Å². The lowest BCUT2D eigenvalue weighted by atomic mass is 9.99. The van der Waals surface area contributed by atoms with Gasteiger partial charge in [0.25, 0.3) is 0 Å². The summed E-state index contributed by atoms with van der Waals surface area (Å²) < 4.78 is 6.58. The van der Waals surface area contributed by atoms with Gasteiger partial charge in [0.1, 0.15) is 5.75 Å². The number of halogens is 1. The van der Waals surface area contributed by atoms with E-state index in [1.165, 1.54) is 11.1 Å². The van der Waals surface area contributed by atoms with Gasteiger partial charge in [0, 0.05) is 10.0 Å². The molecule has 0 aromatic heterocycles. The van der Waals surface area contributed by atoms with Crippen LogP contribution >= 0.6 is 15.9 Å². The Labute approximate surface area is 106 Å². The summed E-state index contributed by atoms with van der Waals surface area (Å²) in [6.45, 7) is 5.07. The van der Waals surface area contributed by atoms with Crippen LogP contribution in [0.1, 0.15) is 37.3 Å². The third kappa shape index (κ3) is 3.22. The molecule has 0 aliphatic heterocycles. The monoisotopic (exact) mass is 285 g/mol. The molecule has 90 valence electrons. The Morgan fingerprint density at radius 2 is 2.06 bits per heavy atom. The number of aryl methyl sites for hydroxylation is 1. The van der Waals surface area contributed by atoms with Gasteiger partial charge in [-0.1, -0.05) is 29.8 Å². The van der Waals surface area contributed by atoms with Gasteiger partial charge in [-0.2, -0.15) is 0 Å². The Balaban J connectivity index is 3.06. The summed E-state index contributed by atoms with van der Waals surface area (Å²) in [7, 11) is 1.72. The molecule has 0 saturated carbocycles. The van der Waals surface area contributed by atoms with E-state index in [-0.39, 0.29) is 0 Å². The quantitative estimate of drug-likeness (QED) is 0.899. The Hall–Kier alpha value is -0.540. The van der Waals surface area contributed by atoms with Crippen molar-refractivity contribution in [2.24, 2.45) is 5.73 Å². The van der Waals surface area contributed by atoms with E-state index < -0.39 is 0 Å². The van der Waals surface area contributed by atoms with Gasteiger partial charge in [-0.25, -0.2) is 0 Å². The first-order chi connectivity index (χ1) is 7.60. The number of nitrogens with two attached hydrogens (primary N) is 1. The normalized spacial score (nSPS) is 10.9. The number of benzene rings is 1. The predicted molar refractivity (Wildman–Crippen MR) is 72.2 cm³/mol.